The Balaban J connectivity index is 2.13. The molecule has 0 saturated heterocycles. The monoisotopic (exact) mass is 289 g/mol. The second-order valence-electron chi connectivity index (χ2n) is 6.20. The molecule has 0 spiro atoms. The van der Waals surface area contributed by atoms with Crippen LogP contribution in [0.5, 0.6) is 5.75 Å². The van der Waals surface area contributed by atoms with Crippen molar-refractivity contribution >= 4 is 16.8 Å². The van der Waals surface area contributed by atoms with E-state index in [4.69, 9.17) is 10.6 Å². The molecular weight excluding hydrogens is 266 g/mol. The molecule has 0 aliphatic rings. The minimum atomic E-state index is -0.370. The molecule has 3 N–H and O–H groups in total. The highest BCUT2D eigenvalue weighted by atomic mass is 16.5. The molecule has 0 aliphatic heterocycles. The molecule has 1 amide bonds. The summed E-state index contributed by atoms with van der Waals surface area (Å²) in [6.07, 6.45) is 2.63. The Labute approximate surface area is 125 Å². The molecule has 21 heavy (non-hydrogen) atoms. The number of benzene rings is 1. The topological polar surface area (TPSA) is 69.3 Å². The van der Waals surface area contributed by atoms with Crippen molar-refractivity contribution in [2.24, 2.45) is 5.41 Å². The Morgan fingerprint density at radius 1 is 1.38 bits per heavy atom. The van der Waals surface area contributed by atoms with Crippen LogP contribution < -0.4 is 15.9 Å². The summed E-state index contributed by atoms with van der Waals surface area (Å²) in [6, 6.07) is 5.79. The number of nitrogens with zero attached hydrogens (tertiary/aromatic N) is 1. The fourth-order valence-corrected chi connectivity index (χ4v) is 2.21. The minimum absolute atomic E-state index is 0.0524. The molecule has 0 aliphatic carbocycles. The van der Waals surface area contributed by atoms with Gasteiger partial charge < -0.3 is 15.9 Å². The fourth-order valence-electron chi connectivity index (χ4n) is 2.21. The van der Waals surface area contributed by atoms with Crippen LogP contribution in [0.4, 0.5) is 0 Å². The number of carbonyl (C=O) groups is 1. The average molecular weight is 289 g/mol. The summed E-state index contributed by atoms with van der Waals surface area (Å²) >= 11 is 0. The van der Waals surface area contributed by atoms with Crippen molar-refractivity contribution in [1.82, 2.24) is 9.99 Å². The summed E-state index contributed by atoms with van der Waals surface area (Å²) in [7, 11) is 1.64. The van der Waals surface area contributed by atoms with Gasteiger partial charge in [-0.25, -0.2) is 0 Å². The zero-order chi connectivity index (χ0) is 15.6. The molecule has 0 atom stereocenters. The number of hydrogen-bond donors (Lipinski definition) is 2. The highest BCUT2D eigenvalue weighted by Gasteiger charge is 2.20. The summed E-state index contributed by atoms with van der Waals surface area (Å²) in [5.41, 5.74) is 1.68. The van der Waals surface area contributed by atoms with Gasteiger partial charge in [0.1, 0.15) is 5.75 Å². The van der Waals surface area contributed by atoms with Crippen molar-refractivity contribution in [3.63, 3.8) is 0 Å². The number of nitrogens with two attached hydrogens (primary N) is 1. The molecule has 0 bridgehead atoms. The number of aromatic nitrogens is 1. The van der Waals surface area contributed by atoms with Gasteiger partial charge in [-0.1, -0.05) is 20.8 Å². The Kier molecular flexibility index (Phi) is 4.11. The fraction of sp³-hybridized carbons (Fsp3) is 0.438. The number of fused-ring (bicyclic) bond motifs is 1. The van der Waals surface area contributed by atoms with Crippen LogP contribution in [-0.2, 0) is 11.2 Å². The first-order valence-corrected chi connectivity index (χ1v) is 7.04. The van der Waals surface area contributed by atoms with Crippen molar-refractivity contribution in [2.75, 3.05) is 19.5 Å². The van der Waals surface area contributed by atoms with Crippen molar-refractivity contribution < 1.29 is 9.53 Å². The van der Waals surface area contributed by atoms with Gasteiger partial charge in [-0.3, -0.25) is 9.47 Å². The van der Waals surface area contributed by atoms with Crippen molar-refractivity contribution in [3.05, 3.63) is 30.0 Å². The lowest BCUT2D eigenvalue weighted by molar-refractivity contribution is -0.128. The van der Waals surface area contributed by atoms with Gasteiger partial charge in [0.15, 0.2) is 0 Å². The molecule has 1 aromatic carbocycles. The molecule has 0 radical (unpaired) electrons. The third kappa shape index (κ3) is 3.29. The summed E-state index contributed by atoms with van der Waals surface area (Å²) in [5.74, 6) is 6.81. The van der Waals surface area contributed by atoms with Crippen LogP contribution in [0, 0.1) is 5.41 Å². The molecule has 1 aromatic heterocycles. The number of nitrogens with one attached hydrogen (secondary N) is 1. The zero-order valence-electron chi connectivity index (χ0n) is 13.1. The van der Waals surface area contributed by atoms with Gasteiger partial charge in [-0.05, 0) is 30.2 Å². The smallest absolute Gasteiger partial charge is 0.225 e. The maximum Gasteiger partial charge on any atom is 0.225 e. The van der Waals surface area contributed by atoms with Gasteiger partial charge in [0.25, 0.3) is 0 Å². The van der Waals surface area contributed by atoms with Crippen LogP contribution in [0.15, 0.2) is 24.4 Å². The van der Waals surface area contributed by atoms with Crippen molar-refractivity contribution in [2.45, 2.75) is 27.2 Å². The molecule has 5 nitrogen and oxygen atoms in total. The van der Waals surface area contributed by atoms with E-state index in [2.05, 4.69) is 5.32 Å². The first-order chi connectivity index (χ1) is 9.82. The van der Waals surface area contributed by atoms with E-state index >= 15 is 0 Å². The van der Waals surface area contributed by atoms with Crippen LogP contribution in [0.1, 0.15) is 26.3 Å². The number of carbonyl (C=O) groups excluding carboxylic acids is 1. The van der Waals surface area contributed by atoms with E-state index in [1.165, 1.54) is 0 Å². The predicted octanol–water partition coefficient (Wildman–Crippen LogP) is 2.07. The lowest BCUT2D eigenvalue weighted by atomic mass is 9.95. The largest absolute Gasteiger partial charge is 0.497 e. The molecule has 2 rings (SSSR count). The van der Waals surface area contributed by atoms with E-state index < -0.39 is 0 Å². The van der Waals surface area contributed by atoms with E-state index in [0.29, 0.717) is 6.54 Å². The molecule has 0 saturated carbocycles. The van der Waals surface area contributed by atoms with E-state index in [0.717, 1.165) is 28.6 Å². The van der Waals surface area contributed by atoms with Crippen LogP contribution in [0.3, 0.4) is 0 Å². The van der Waals surface area contributed by atoms with E-state index in [9.17, 15) is 4.79 Å². The van der Waals surface area contributed by atoms with Crippen molar-refractivity contribution in [1.29, 1.82) is 0 Å². The first-order valence-electron chi connectivity index (χ1n) is 7.04. The van der Waals surface area contributed by atoms with Crippen LogP contribution in [0.25, 0.3) is 10.9 Å². The zero-order valence-corrected chi connectivity index (χ0v) is 13.1. The third-order valence-corrected chi connectivity index (χ3v) is 3.48. The van der Waals surface area contributed by atoms with Gasteiger partial charge >= 0.3 is 0 Å². The standard InChI is InChI=1S/C16H23N3O2/c1-16(2,3)15(20)18-8-7-11-10-19(17)14-6-5-12(21-4)9-13(11)14/h5-6,9-10H,7-8,17H2,1-4H3,(H,18,20). The Morgan fingerprint density at radius 2 is 2.10 bits per heavy atom. The summed E-state index contributed by atoms with van der Waals surface area (Å²) in [5, 5.41) is 4.01. The van der Waals surface area contributed by atoms with Gasteiger partial charge in [0, 0.05) is 23.5 Å². The molecule has 0 fully saturated rings. The normalized spacial score (nSPS) is 11.6. The van der Waals surface area contributed by atoms with Crippen molar-refractivity contribution in [3.8, 4) is 5.75 Å². The third-order valence-electron chi connectivity index (χ3n) is 3.48. The maximum absolute atomic E-state index is 11.9. The predicted molar refractivity (Wildman–Crippen MR) is 84.8 cm³/mol. The molecule has 2 aromatic rings. The van der Waals surface area contributed by atoms with Gasteiger partial charge in [0.05, 0.1) is 12.6 Å². The number of rotatable bonds is 4. The summed E-state index contributed by atoms with van der Waals surface area (Å²) in [6.45, 7) is 6.29. The van der Waals surface area contributed by atoms with Crippen LogP contribution >= 0.6 is 0 Å². The van der Waals surface area contributed by atoms with Gasteiger partial charge in [-0.2, -0.15) is 0 Å². The number of nitrogen functional groups attached to an aromatic ring is 1. The lowest BCUT2D eigenvalue weighted by Crippen LogP contribution is -2.35. The first kappa shape index (κ1) is 15.2. The Hall–Kier alpha value is -2.17. The second kappa shape index (κ2) is 5.68. The number of ether oxygens (including phenoxy) is 1. The van der Waals surface area contributed by atoms with E-state index in [1.54, 1.807) is 11.8 Å². The second-order valence-corrected chi connectivity index (χ2v) is 6.20. The molecule has 0 unspecified atom stereocenters. The number of hydrogen-bond acceptors (Lipinski definition) is 3. The average Bonchev–Trinajstić information content (AvgIpc) is 2.74. The highest BCUT2D eigenvalue weighted by molar-refractivity contribution is 5.86. The van der Waals surface area contributed by atoms with Crippen LogP contribution in [-0.4, -0.2) is 24.2 Å². The summed E-state index contributed by atoms with van der Waals surface area (Å²) in [4.78, 5) is 11.9. The van der Waals surface area contributed by atoms with Crippen LogP contribution in [0.2, 0.25) is 0 Å². The maximum atomic E-state index is 11.9. The highest BCUT2D eigenvalue weighted by Crippen LogP contribution is 2.25. The van der Waals surface area contributed by atoms with Gasteiger partial charge in [-0.15, -0.1) is 0 Å². The van der Waals surface area contributed by atoms with E-state index in [-0.39, 0.29) is 11.3 Å². The quantitative estimate of drug-likeness (QED) is 0.847. The lowest BCUT2D eigenvalue weighted by Gasteiger charge is -2.17. The summed E-state index contributed by atoms with van der Waals surface area (Å²) < 4.78 is 6.86. The molecule has 114 valence electrons. The van der Waals surface area contributed by atoms with E-state index in [1.807, 2.05) is 45.2 Å². The Bertz CT molecular complexity index is 653. The molecule has 1 heterocycles. The number of amides is 1. The SMILES string of the molecule is COc1ccc2c(c1)c(CCNC(=O)C(C)(C)C)cn2N. The van der Waals surface area contributed by atoms with Gasteiger partial charge in [0.2, 0.25) is 5.91 Å². The Morgan fingerprint density at radius 3 is 2.71 bits per heavy atom. The molecular formula is C16H23N3O2. The minimum Gasteiger partial charge on any atom is -0.497 e. The molecule has 5 heteroatoms. The number of methoxy groups -OCH3 is 1.